The zero-order valence-electron chi connectivity index (χ0n) is 16.6. The second kappa shape index (κ2) is 9.13. The third-order valence-electron chi connectivity index (χ3n) is 4.60. The van der Waals surface area contributed by atoms with Gasteiger partial charge in [-0.05, 0) is 30.2 Å². The first-order valence-corrected chi connectivity index (χ1v) is 9.52. The molecule has 2 aromatic carbocycles. The Morgan fingerprint density at radius 2 is 1.63 bits per heavy atom. The minimum atomic E-state index is -4.39. The van der Waals surface area contributed by atoms with E-state index in [4.69, 9.17) is 0 Å². The van der Waals surface area contributed by atoms with Crippen molar-refractivity contribution in [3.05, 3.63) is 66.2 Å². The number of rotatable bonds is 7. The van der Waals surface area contributed by atoms with E-state index in [9.17, 15) is 18.3 Å². The molecular formula is C22H23F3N4O. The predicted molar refractivity (Wildman–Crippen MR) is 112 cm³/mol. The highest BCUT2D eigenvalue weighted by Crippen LogP contribution is 2.31. The van der Waals surface area contributed by atoms with E-state index in [0.717, 1.165) is 17.7 Å². The van der Waals surface area contributed by atoms with Crippen LogP contribution >= 0.6 is 0 Å². The second-order valence-electron chi connectivity index (χ2n) is 7.21. The largest absolute Gasteiger partial charge is 0.416 e. The third kappa shape index (κ3) is 5.48. The average Bonchev–Trinajstić information content (AvgIpc) is 2.72. The van der Waals surface area contributed by atoms with Crippen molar-refractivity contribution in [3.63, 3.8) is 0 Å². The van der Waals surface area contributed by atoms with Crippen molar-refractivity contribution in [2.75, 3.05) is 17.2 Å². The summed E-state index contributed by atoms with van der Waals surface area (Å²) in [7, 11) is 0. The number of alkyl halides is 3. The van der Waals surface area contributed by atoms with Crippen molar-refractivity contribution in [1.29, 1.82) is 0 Å². The van der Waals surface area contributed by atoms with Crippen molar-refractivity contribution in [3.8, 4) is 11.3 Å². The molecule has 8 heteroatoms. The minimum Gasteiger partial charge on any atom is -0.394 e. The number of nitrogens with zero attached hydrogens (tertiary/aromatic N) is 2. The summed E-state index contributed by atoms with van der Waals surface area (Å²) in [6.45, 7) is 3.85. The topological polar surface area (TPSA) is 70.1 Å². The van der Waals surface area contributed by atoms with E-state index < -0.39 is 11.7 Å². The van der Waals surface area contributed by atoms with E-state index in [1.165, 1.54) is 12.1 Å². The fourth-order valence-corrected chi connectivity index (χ4v) is 2.81. The lowest BCUT2D eigenvalue weighted by molar-refractivity contribution is -0.137. The third-order valence-corrected chi connectivity index (χ3v) is 4.60. The molecule has 5 nitrogen and oxygen atoms in total. The summed E-state index contributed by atoms with van der Waals surface area (Å²) in [5, 5.41) is 15.8. The van der Waals surface area contributed by atoms with E-state index in [2.05, 4.69) is 20.6 Å². The standard InChI is InChI=1S/C22H23F3N4O/c1-14(2)19(13-30)28-21-27-18(15-6-4-3-5-7-15)12-20(29-21)26-17-10-8-16(9-11-17)22(23,24)25/h3-12,14,19,30H,13H2,1-2H3,(H2,26,27,28,29)/t19-/m0/s1. The van der Waals surface area contributed by atoms with Crippen molar-refractivity contribution >= 4 is 17.5 Å². The number of halogens is 3. The van der Waals surface area contributed by atoms with Crippen LogP contribution in [0.1, 0.15) is 19.4 Å². The second-order valence-corrected chi connectivity index (χ2v) is 7.21. The number of aromatic nitrogens is 2. The summed E-state index contributed by atoms with van der Waals surface area (Å²) >= 11 is 0. The molecule has 0 fully saturated rings. The number of aliphatic hydroxyl groups excluding tert-OH is 1. The summed E-state index contributed by atoms with van der Waals surface area (Å²) in [6, 6.07) is 15.7. The predicted octanol–water partition coefficient (Wildman–Crippen LogP) is 5.33. The van der Waals surface area contributed by atoms with E-state index in [-0.39, 0.29) is 18.6 Å². The number of benzene rings is 2. The SMILES string of the molecule is CC(C)[C@H](CO)Nc1nc(Nc2ccc(C(F)(F)F)cc2)cc(-c2ccccc2)n1. The molecule has 0 amide bonds. The molecule has 3 aromatic rings. The summed E-state index contributed by atoms with van der Waals surface area (Å²) in [5.74, 6) is 0.885. The average molecular weight is 416 g/mol. The maximum absolute atomic E-state index is 12.8. The van der Waals surface area contributed by atoms with E-state index in [0.29, 0.717) is 23.1 Å². The summed E-state index contributed by atoms with van der Waals surface area (Å²) in [5.41, 5.74) is 1.26. The minimum absolute atomic E-state index is 0.0851. The van der Waals surface area contributed by atoms with Gasteiger partial charge in [0.25, 0.3) is 0 Å². The Kier molecular flexibility index (Phi) is 6.56. The lowest BCUT2D eigenvalue weighted by atomic mass is 10.1. The molecule has 1 aromatic heterocycles. The van der Waals surface area contributed by atoms with Gasteiger partial charge in [-0.1, -0.05) is 44.2 Å². The van der Waals surface area contributed by atoms with Crippen molar-refractivity contribution < 1.29 is 18.3 Å². The van der Waals surface area contributed by atoms with Gasteiger partial charge in [-0.3, -0.25) is 0 Å². The van der Waals surface area contributed by atoms with E-state index in [1.54, 1.807) is 6.07 Å². The van der Waals surface area contributed by atoms with Crippen LogP contribution in [0, 0.1) is 5.92 Å². The highest BCUT2D eigenvalue weighted by Gasteiger charge is 2.30. The Morgan fingerprint density at radius 1 is 0.967 bits per heavy atom. The van der Waals surface area contributed by atoms with Crippen LogP contribution in [0.4, 0.5) is 30.6 Å². The van der Waals surface area contributed by atoms with Crippen molar-refractivity contribution in [1.82, 2.24) is 9.97 Å². The summed E-state index contributed by atoms with van der Waals surface area (Å²) in [4.78, 5) is 8.97. The molecule has 0 saturated heterocycles. The molecule has 0 aliphatic rings. The molecule has 1 atom stereocenters. The first-order chi connectivity index (χ1) is 14.3. The molecule has 3 rings (SSSR count). The summed E-state index contributed by atoms with van der Waals surface area (Å²) < 4.78 is 38.4. The van der Waals surface area contributed by atoms with Crippen LogP contribution in [0.2, 0.25) is 0 Å². The number of aliphatic hydroxyl groups is 1. The van der Waals surface area contributed by atoms with Gasteiger partial charge in [0.1, 0.15) is 5.82 Å². The molecule has 0 saturated carbocycles. The molecule has 0 radical (unpaired) electrons. The molecule has 3 N–H and O–H groups in total. The Labute approximate surface area is 173 Å². The first-order valence-electron chi connectivity index (χ1n) is 9.52. The van der Waals surface area contributed by atoms with Crippen LogP contribution in [0.5, 0.6) is 0 Å². The molecule has 0 bridgehead atoms. The Hall–Kier alpha value is -3.13. The Morgan fingerprint density at radius 3 is 2.20 bits per heavy atom. The first kappa shape index (κ1) is 21.6. The zero-order chi connectivity index (χ0) is 21.7. The van der Waals surface area contributed by atoms with Gasteiger partial charge in [-0.15, -0.1) is 0 Å². The van der Waals surface area contributed by atoms with Gasteiger partial charge >= 0.3 is 6.18 Å². The van der Waals surface area contributed by atoms with Gasteiger partial charge in [-0.2, -0.15) is 18.2 Å². The smallest absolute Gasteiger partial charge is 0.394 e. The van der Waals surface area contributed by atoms with E-state index >= 15 is 0 Å². The lowest BCUT2D eigenvalue weighted by Crippen LogP contribution is -2.30. The van der Waals surface area contributed by atoms with Gasteiger partial charge in [0.15, 0.2) is 0 Å². The fraction of sp³-hybridized carbons (Fsp3) is 0.273. The van der Waals surface area contributed by atoms with Gasteiger partial charge < -0.3 is 15.7 Å². The molecule has 30 heavy (non-hydrogen) atoms. The van der Waals surface area contributed by atoms with Gasteiger partial charge in [0.2, 0.25) is 5.95 Å². The zero-order valence-corrected chi connectivity index (χ0v) is 16.6. The lowest BCUT2D eigenvalue weighted by Gasteiger charge is -2.20. The van der Waals surface area contributed by atoms with Crippen LogP contribution in [0.15, 0.2) is 60.7 Å². The summed E-state index contributed by atoms with van der Waals surface area (Å²) in [6.07, 6.45) is -4.39. The maximum Gasteiger partial charge on any atom is 0.416 e. The normalized spacial score (nSPS) is 12.6. The van der Waals surface area contributed by atoms with Crippen LogP contribution < -0.4 is 10.6 Å². The van der Waals surface area contributed by atoms with Gasteiger partial charge in [-0.25, -0.2) is 4.98 Å². The van der Waals surface area contributed by atoms with Gasteiger partial charge in [0.05, 0.1) is 23.9 Å². The Bertz CT molecular complexity index is 960. The highest BCUT2D eigenvalue weighted by atomic mass is 19.4. The molecule has 0 aliphatic carbocycles. The number of anilines is 3. The molecule has 158 valence electrons. The molecule has 0 spiro atoms. The number of nitrogens with one attached hydrogen (secondary N) is 2. The molecule has 1 heterocycles. The number of hydrogen-bond donors (Lipinski definition) is 3. The van der Waals surface area contributed by atoms with Crippen LogP contribution in [-0.2, 0) is 6.18 Å². The molecular weight excluding hydrogens is 393 g/mol. The van der Waals surface area contributed by atoms with Crippen LogP contribution in [0.3, 0.4) is 0 Å². The quantitative estimate of drug-likeness (QED) is 0.485. The van der Waals surface area contributed by atoms with Crippen LogP contribution in [-0.4, -0.2) is 27.7 Å². The van der Waals surface area contributed by atoms with Gasteiger partial charge in [0, 0.05) is 17.3 Å². The maximum atomic E-state index is 12.8. The fourth-order valence-electron chi connectivity index (χ4n) is 2.81. The van der Waals surface area contributed by atoms with Crippen molar-refractivity contribution in [2.24, 2.45) is 5.92 Å². The number of hydrogen-bond acceptors (Lipinski definition) is 5. The molecule has 0 aliphatic heterocycles. The molecule has 0 unspecified atom stereocenters. The van der Waals surface area contributed by atoms with Crippen molar-refractivity contribution in [2.45, 2.75) is 26.1 Å². The Balaban J connectivity index is 1.93. The monoisotopic (exact) mass is 416 g/mol. The highest BCUT2D eigenvalue weighted by molar-refractivity contribution is 5.67. The van der Waals surface area contributed by atoms with Crippen LogP contribution in [0.25, 0.3) is 11.3 Å². The van der Waals surface area contributed by atoms with E-state index in [1.807, 2.05) is 44.2 Å².